The summed E-state index contributed by atoms with van der Waals surface area (Å²) in [6.45, 7) is 0. The molecule has 104 valence electrons. The lowest BCUT2D eigenvalue weighted by Gasteiger charge is -2.38. The lowest BCUT2D eigenvalue weighted by Crippen LogP contribution is -2.48. The van der Waals surface area contributed by atoms with Crippen LogP contribution in [0.3, 0.4) is 0 Å². The molecule has 0 saturated heterocycles. The molecule has 0 bridgehead atoms. The maximum atomic E-state index is 10.7. The van der Waals surface area contributed by atoms with Crippen LogP contribution in [0.2, 0.25) is 0 Å². The number of rotatable bonds is 2. The van der Waals surface area contributed by atoms with Gasteiger partial charge in [0, 0.05) is 18.1 Å². The SMILES string of the molecule is COc1ccc2c(c1)OC(O)(c1ccccc1)C(O)C2. The number of benzene rings is 2. The molecule has 0 radical (unpaired) electrons. The summed E-state index contributed by atoms with van der Waals surface area (Å²) in [7, 11) is 1.57. The standard InChI is InChI=1S/C16H16O4/c1-19-13-8-7-11-9-15(17)16(18,20-14(11)10-13)12-5-3-2-4-6-12/h2-8,10,15,17-18H,9H2,1H3. The number of aliphatic hydroxyl groups excluding tert-OH is 1. The fourth-order valence-electron chi connectivity index (χ4n) is 2.44. The quantitative estimate of drug-likeness (QED) is 0.875. The highest BCUT2D eigenvalue weighted by Crippen LogP contribution is 2.39. The third kappa shape index (κ3) is 2.03. The van der Waals surface area contributed by atoms with Crippen molar-refractivity contribution in [3.8, 4) is 11.5 Å². The smallest absolute Gasteiger partial charge is 0.261 e. The van der Waals surface area contributed by atoms with Crippen LogP contribution < -0.4 is 9.47 Å². The average molecular weight is 272 g/mol. The Morgan fingerprint density at radius 2 is 1.95 bits per heavy atom. The van der Waals surface area contributed by atoms with Crippen molar-refractivity contribution >= 4 is 0 Å². The Labute approximate surface area is 117 Å². The van der Waals surface area contributed by atoms with Gasteiger partial charge in [0.25, 0.3) is 5.79 Å². The van der Waals surface area contributed by atoms with Crippen LogP contribution in [0.1, 0.15) is 11.1 Å². The van der Waals surface area contributed by atoms with Crippen LogP contribution in [-0.4, -0.2) is 23.4 Å². The van der Waals surface area contributed by atoms with Gasteiger partial charge >= 0.3 is 0 Å². The maximum absolute atomic E-state index is 10.7. The van der Waals surface area contributed by atoms with E-state index < -0.39 is 11.9 Å². The number of methoxy groups -OCH3 is 1. The van der Waals surface area contributed by atoms with Gasteiger partial charge in [0.05, 0.1) is 7.11 Å². The van der Waals surface area contributed by atoms with E-state index >= 15 is 0 Å². The lowest BCUT2D eigenvalue weighted by atomic mass is 9.91. The molecule has 2 unspecified atom stereocenters. The largest absolute Gasteiger partial charge is 0.497 e. The molecule has 2 atom stereocenters. The van der Waals surface area contributed by atoms with E-state index in [1.54, 1.807) is 37.4 Å². The van der Waals surface area contributed by atoms with Crippen LogP contribution in [0.25, 0.3) is 0 Å². The van der Waals surface area contributed by atoms with Gasteiger partial charge in [-0.3, -0.25) is 0 Å². The van der Waals surface area contributed by atoms with Gasteiger partial charge in [-0.05, 0) is 11.6 Å². The molecule has 0 spiro atoms. The van der Waals surface area contributed by atoms with Crippen molar-refractivity contribution in [2.75, 3.05) is 7.11 Å². The Morgan fingerprint density at radius 3 is 2.65 bits per heavy atom. The van der Waals surface area contributed by atoms with Crippen LogP contribution >= 0.6 is 0 Å². The minimum Gasteiger partial charge on any atom is -0.497 e. The molecule has 1 aliphatic heterocycles. The first-order valence-corrected chi connectivity index (χ1v) is 6.45. The topological polar surface area (TPSA) is 58.9 Å². The molecule has 4 heteroatoms. The third-order valence-corrected chi connectivity index (χ3v) is 3.59. The predicted octanol–water partition coefficient (Wildman–Crippen LogP) is 1.84. The highest BCUT2D eigenvalue weighted by molar-refractivity contribution is 5.44. The second-order valence-corrected chi connectivity index (χ2v) is 4.86. The summed E-state index contributed by atoms with van der Waals surface area (Å²) in [5.41, 5.74) is 1.37. The zero-order chi connectivity index (χ0) is 14.2. The van der Waals surface area contributed by atoms with Gasteiger partial charge in [-0.15, -0.1) is 0 Å². The van der Waals surface area contributed by atoms with Gasteiger partial charge in [0.2, 0.25) is 0 Å². The predicted molar refractivity (Wildman–Crippen MR) is 73.7 cm³/mol. The normalized spacial score (nSPS) is 24.6. The van der Waals surface area contributed by atoms with E-state index in [-0.39, 0.29) is 0 Å². The highest BCUT2D eigenvalue weighted by Gasteiger charge is 2.44. The van der Waals surface area contributed by atoms with Gasteiger partial charge in [-0.25, -0.2) is 0 Å². The molecule has 2 N–H and O–H groups in total. The molecule has 0 saturated carbocycles. The number of aliphatic hydroxyl groups is 2. The maximum Gasteiger partial charge on any atom is 0.261 e. The molecule has 2 aromatic rings. The van der Waals surface area contributed by atoms with Crippen molar-refractivity contribution in [3.63, 3.8) is 0 Å². The summed E-state index contributed by atoms with van der Waals surface area (Å²) >= 11 is 0. The van der Waals surface area contributed by atoms with Crippen LogP contribution in [0.15, 0.2) is 48.5 Å². The molecular formula is C16H16O4. The second kappa shape index (κ2) is 4.81. The molecule has 4 nitrogen and oxygen atoms in total. The van der Waals surface area contributed by atoms with Gasteiger partial charge < -0.3 is 19.7 Å². The monoisotopic (exact) mass is 272 g/mol. The molecule has 0 aliphatic carbocycles. The molecular weight excluding hydrogens is 256 g/mol. The van der Waals surface area contributed by atoms with Crippen molar-refractivity contribution in [1.29, 1.82) is 0 Å². The summed E-state index contributed by atoms with van der Waals surface area (Å²) in [4.78, 5) is 0. The first-order valence-electron chi connectivity index (χ1n) is 6.45. The summed E-state index contributed by atoms with van der Waals surface area (Å²) < 4.78 is 10.8. The molecule has 20 heavy (non-hydrogen) atoms. The summed E-state index contributed by atoms with van der Waals surface area (Å²) in [5, 5.41) is 21.0. The van der Waals surface area contributed by atoms with E-state index in [9.17, 15) is 10.2 Å². The van der Waals surface area contributed by atoms with Crippen LogP contribution in [0.4, 0.5) is 0 Å². The first kappa shape index (κ1) is 13.0. The van der Waals surface area contributed by atoms with Crippen molar-refractivity contribution < 1.29 is 19.7 Å². The number of hydrogen-bond donors (Lipinski definition) is 2. The van der Waals surface area contributed by atoms with Crippen LogP contribution in [-0.2, 0) is 12.2 Å². The number of fused-ring (bicyclic) bond motifs is 1. The van der Waals surface area contributed by atoms with E-state index in [0.717, 1.165) is 5.56 Å². The van der Waals surface area contributed by atoms with E-state index in [1.165, 1.54) is 0 Å². The van der Waals surface area contributed by atoms with Crippen molar-refractivity contribution in [1.82, 2.24) is 0 Å². The summed E-state index contributed by atoms with van der Waals surface area (Å²) in [6.07, 6.45) is -0.698. The zero-order valence-electron chi connectivity index (χ0n) is 11.1. The Hall–Kier alpha value is -2.04. The Morgan fingerprint density at radius 1 is 1.20 bits per heavy atom. The summed E-state index contributed by atoms with van der Waals surface area (Å²) in [6, 6.07) is 14.3. The van der Waals surface area contributed by atoms with Crippen molar-refractivity contribution in [2.24, 2.45) is 0 Å². The van der Waals surface area contributed by atoms with Crippen molar-refractivity contribution in [2.45, 2.75) is 18.3 Å². The van der Waals surface area contributed by atoms with Gasteiger partial charge in [0.15, 0.2) is 0 Å². The van der Waals surface area contributed by atoms with Gasteiger partial charge in [-0.1, -0.05) is 36.4 Å². The molecule has 0 fully saturated rings. The molecule has 3 rings (SSSR count). The van der Waals surface area contributed by atoms with E-state index in [1.807, 2.05) is 18.2 Å². The van der Waals surface area contributed by atoms with E-state index in [2.05, 4.69) is 0 Å². The summed E-state index contributed by atoms with van der Waals surface area (Å²) in [5.74, 6) is -0.558. The second-order valence-electron chi connectivity index (χ2n) is 4.86. The first-order chi connectivity index (χ1) is 9.63. The van der Waals surface area contributed by atoms with Crippen molar-refractivity contribution in [3.05, 3.63) is 59.7 Å². The number of hydrogen-bond acceptors (Lipinski definition) is 4. The van der Waals surface area contributed by atoms with Gasteiger partial charge in [0.1, 0.15) is 17.6 Å². The van der Waals surface area contributed by atoms with Crippen LogP contribution in [0.5, 0.6) is 11.5 Å². The minimum absolute atomic E-state index is 0.324. The average Bonchev–Trinajstić information content (AvgIpc) is 2.49. The zero-order valence-corrected chi connectivity index (χ0v) is 11.1. The third-order valence-electron chi connectivity index (χ3n) is 3.59. The van der Waals surface area contributed by atoms with E-state index in [4.69, 9.17) is 9.47 Å². The lowest BCUT2D eigenvalue weighted by molar-refractivity contribution is -0.222. The number of ether oxygens (including phenoxy) is 2. The Bertz CT molecular complexity index is 611. The molecule has 1 heterocycles. The van der Waals surface area contributed by atoms with Gasteiger partial charge in [-0.2, -0.15) is 0 Å². The molecule has 0 aromatic heterocycles. The molecule has 1 aliphatic rings. The fourth-order valence-corrected chi connectivity index (χ4v) is 2.44. The fraction of sp³-hybridized carbons (Fsp3) is 0.250. The minimum atomic E-state index is -1.74. The highest BCUT2D eigenvalue weighted by atomic mass is 16.6. The Balaban J connectivity index is 2.03. The molecule has 0 amide bonds. The van der Waals surface area contributed by atoms with E-state index in [0.29, 0.717) is 23.5 Å². The molecule has 2 aromatic carbocycles. The Kier molecular flexibility index (Phi) is 3.12. The van der Waals surface area contributed by atoms with Crippen LogP contribution in [0, 0.1) is 0 Å².